The topological polar surface area (TPSA) is 83.7 Å². The molecule has 1 aliphatic heterocycles. The van der Waals surface area contributed by atoms with Crippen LogP contribution in [0.4, 0.5) is 8.78 Å². The Kier molecular flexibility index (Phi) is 5.53. The third-order valence-electron chi connectivity index (χ3n) is 4.66. The molecule has 3 rings (SSSR count). The molecule has 0 spiro atoms. The van der Waals surface area contributed by atoms with Gasteiger partial charge in [-0.2, -0.15) is 4.31 Å². The van der Waals surface area contributed by atoms with Crippen molar-refractivity contribution in [1.29, 1.82) is 0 Å². The number of aryl methyl sites for hydroxylation is 1. The second-order valence-corrected chi connectivity index (χ2v) is 8.84. The second kappa shape index (κ2) is 7.59. The van der Waals surface area contributed by atoms with Gasteiger partial charge in [-0.3, -0.25) is 4.79 Å². The second-order valence-electron chi connectivity index (χ2n) is 6.93. The molecule has 1 fully saturated rings. The number of benzene rings is 1. The van der Waals surface area contributed by atoms with E-state index >= 15 is 0 Å². The molecule has 7 nitrogen and oxygen atoms in total. The van der Waals surface area contributed by atoms with E-state index in [9.17, 15) is 22.0 Å². The molecule has 0 atom stereocenters. The van der Waals surface area contributed by atoms with Crippen molar-refractivity contribution in [2.75, 3.05) is 26.2 Å². The minimum absolute atomic E-state index is 0.00618. The molecule has 0 saturated carbocycles. The van der Waals surface area contributed by atoms with Crippen molar-refractivity contribution in [1.82, 2.24) is 14.4 Å². The highest BCUT2D eigenvalue weighted by atomic mass is 32.2. The third-order valence-corrected chi connectivity index (χ3v) is 6.60. The van der Waals surface area contributed by atoms with Gasteiger partial charge in [-0.05, 0) is 19.1 Å². The lowest BCUT2D eigenvalue weighted by molar-refractivity contribution is 0.0694. The van der Waals surface area contributed by atoms with Crippen molar-refractivity contribution in [2.45, 2.75) is 31.6 Å². The molecule has 10 heteroatoms. The Morgan fingerprint density at radius 2 is 1.82 bits per heavy atom. The van der Waals surface area contributed by atoms with E-state index in [1.54, 1.807) is 6.92 Å². The van der Waals surface area contributed by atoms with E-state index in [4.69, 9.17) is 4.52 Å². The molecular formula is C18H21F2N3O4S. The van der Waals surface area contributed by atoms with Crippen LogP contribution in [0.2, 0.25) is 0 Å². The minimum atomic E-state index is -4.12. The first-order valence-electron chi connectivity index (χ1n) is 8.83. The Morgan fingerprint density at radius 1 is 1.18 bits per heavy atom. The number of carbonyl (C=O) groups is 1. The molecule has 28 heavy (non-hydrogen) atoms. The zero-order valence-corrected chi connectivity index (χ0v) is 16.6. The molecule has 0 unspecified atom stereocenters. The van der Waals surface area contributed by atoms with E-state index in [-0.39, 0.29) is 38.0 Å². The Labute approximate surface area is 162 Å². The first kappa shape index (κ1) is 20.4. The number of hydrogen-bond acceptors (Lipinski definition) is 5. The maximum atomic E-state index is 13.9. The van der Waals surface area contributed by atoms with Gasteiger partial charge in [-0.25, -0.2) is 17.2 Å². The van der Waals surface area contributed by atoms with Crippen LogP contribution in [0.5, 0.6) is 0 Å². The maximum Gasteiger partial charge on any atom is 0.259 e. The van der Waals surface area contributed by atoms with Crippen LogP contribution in [0.3, 0.4) is 0 Å². The lowest BCUT2D eigenvalue weighted by Gasteiger charge is -2.34. The number of piperazine rings is 1. The summed E-state index contributed by atoms with van der Waals surface area (Å²) in [5.74, 6) is -1.79. The Hall–Kier alpha value is -2.33. The monoisotopic (exact) mass is 413 g/mol. The summed E-state index contributed by atoms with van der Waals surface area (Å²) in [5, 5.41) is 3.86. The first-order chi connectivity index (χ1) is 13.1. The molecular weight excluding hydrogens is 392 g/mol. The molecule has 1 saturated heterocycles. The summed E-state index contributed by atoms with van der Waals surface area (Å²) in [5.41, 5.74) is 0.882. The van der Waals surface area contributed by atoms with Gasteiger partial charge in [-0.15, -0.1) is 0 Å². The van der Waals surface area contributed by atoms with E-state index in [1.807, 2.05) is 13.8 Å². The molecule has 1 aromatic carbocycles. The quantitative estimate of drug-likeness (QED) is 0.769. The molecule has 2 aromatic rings. The van der Waals surface area contributed by atoms with E-state index in [2.05, 4.69) is 5.16 Å². The molecule has 1 amide bonds. The van der Waals surface area contributed by atoms with E-state index < -0.39 is 26.6 Å². The van der Waals surface area contributed by atoms with Gasteiger partial charge in [0.1, 0.15) is 22.1 Å². The number of aromatic nitrogens is 1. The fourth-order valence-electron chi connectivity index (χ4n) is 3.15. The highest BCUT2D eigenvalue weighted by Crippen LogP contribution is 2.25. The summed E-state index contributed by atoms with van der Waals surface area (Å²) in [6.45, 7) is 5.75. The van der Waals surface area contributed by atoms with E-state index in [0.29, 0.717) is 23.1 Å². The van der Waals surface area contributed by atoms with E-state index in [1.165, 1.54) is 4.90 Å². The fourth-order valence-corrected chi connectivity index (χ4v) is 4.62. The molecule has 0 bridgehead atoms. The van der Waals surface area contributed by atoms with Gasteiger partial charge in [0.2, 0.25) is 10.0 Å². The largest absolute Gasteiger partial charge is 0.360 e. The van der Waals surface area contributed by atoms with Crippen molar-refractivity contribution in [3.8, 4) is 0 Å². The molecule has 0 radical (unpaired) electrons. The zero-order valence-electron chi connectivity index (χ0n) is 15.8. The first-order valence-corrected chi connectivity index (χ1v) is 10.3. The maximum absolute atomic E-state index is 13.9. The third kappa shape index (κ3) is 3.66. The smallest absolute Gasteiger partial charge is 0.259 e. The fraction of sp³-hybridized carbons (Fsp3) is 0.444. The van der Waals surface area contributed by atoms with Crippen LogP contribution in [0.1, 0.15) is 41.6 Å². The predicted octanol–water partition coefficient (Wildman–Crippen LogP) is 2.53. The normalized spacial score (nSPS) is 16.0. The van der Waals surface area contributed by atoms with Crippen molar-refractivity contribution < 1.29 is 26.5 Å². The van der Waals surface area contributed by atoms with Gasteiger partial charge in [-0.1, -0.05) is 19.0 Å². The van der Waals surface area contributed by atoms with Gasteiger partial charge >= 0.3 is 0 Å². The number of rotatable bonds is 4. The summed E-state index contributed by atoms with van der Waals surface area (Å²) < 4.78 is 58.7. The molecule has 1 aromatic heterocycles. The number of hydrogen-bond donors (Lipinski definition) is 0. The highest BCUT2D eigenvalue weighted by molar-refractivity contribution is 7.89. The number of amides is 1. The summed E-state index contributed by atoms with van der Waals surface area (Å²) in [7, 11) is -4.12. The van der Waals surface area contributed by atoms with Gasteiger partial charge < -0.3 is 9.42 Å². The van der Waals surface area contributed by atoms with Crippen LogP contribution in [0.25, 0.3) is 0 Å². The molecule has 2 heterocycles. The predicted molar refractivity (Wildman–Crippen MR) is 96.3 cm³/mol. The summed E-state index contributed by atoms with van der Waals surface area (Å²) in [6, 6.07) is 2.35. The van der Waals surface area contributed by atoms with Crippen LogP contribution in [-0.2, 0) is 10.0 Å². The van der Waals surface area contributed by atoms with E-state index in [0.717, 1.165) is 16.4 Å². The molecule has 152 valence electrons. The lowest BCUT2D eigenvalue weighted by atomic mass is 10.0. The van der Waals surface area contributed by atoms with Crippen molar-refractivity contribution in [2.24, 2.45) is 0 Å². The van der Waals surface area contributed by atoms with Crippen LogP contribution >= 0.6 is 0 Å². The molecule has 1 aliphatic rings. The molecule has 0 aliphatic carbocycles. The average molecular weight is 413 g/mol. The number of carbonyl (C=O) groups excluding carboxylic acids is 1. The Balaban J connectivity index is 1.76. The van der Waals surface area contributed by atoms with Crippen molar-refractivity contribution in [3.05, 3.63) is 46.9 Å². The highest BCUT2D eigenvalue weighted by Gasteiger charge is 2.34. The van der Waals surface area contributed by atoms with Crippen LogP contribution in [-0.4, -0.2) is 54.9 Å². The number of nitrogens with zero attached hydrogens (tertiary/aromatic N) is 3. The number of sulfonamides is 1. The lowest BCUT2D eigenvalue weighted by Crippen LogP contribution is -2.50. The van der Waals surface area contributed by atoms with Gasteiger partial charge in [0.25, 0.3) is 5.91 Å². The van der Waals surface area contributed by atoms with Crippen LogP contribution in [0.15, 0.2) is 27.6 Å². The van der Waals surface area contributed by atoms with Crippen LogP contribution < -0.4 is 0 Å². The minimum Gasteiger partial charge on any atom is -0.360 e. The SMILES string of the molecule is Cc1noc(C(C)C)c1C(=O)N1CCN(S(=O)(=O)c2ccc(F)cc2F)CC1. The number of halogens is 2. The Morgan fingerprint density at radius 3 is 2.39 bits per heavy atom. The Bertz CT molecular complexity index is 996. The van der Waals surface area contributed by atoms with Gasteiger partial charge in [0.15, 0.2) is 5.76 Å². The van der Waals surface area contributed by atoms with Gasteiger partial charge in [0.05, 0.1) is 5.69 Å². The van der Waals surface area contributed by atoms with Crippen LogP contribution in [0, 0.1) is 18.6 Å². The summed E-state index contributed by atoms with van der Waals surface area (Å²) in [6.07, 6.45) is 0. The average Bonchev–Trinajstić information content (AvgIpc) is 3.02. The molecule has 0 N–H and O–H groups in total. The van der Waals surface area contributed by atoms with Gasteiger partial charge in [0, 0.05) is 38.2 Å². The standard InChI is InChI=1S/C18H21F2N3O4S/c1-11(2)17-16(12(3)21-27-17)18(24)22-6-8-23(9-7-22)28(25,26)15-5-4-13(19)10-14(15)20/h4-5,10-11H,6-9H2,1-3H3. The summed E-state index contributed by atoms with van der Waals surface area (Å²) >= 11 is 0. The van der Waals surface area contributed by atoms with Crippen molar-refractivity contribution >= 4 is 15.9 Å². The van der Waals surface area contributed by atoms with Crippen molar-refractivity contribution in [3.63, 3.8) is 0 Å². The summed E-state index contributed by atoms with van der Waals surface area (Å²) in [4.78, 5) is 13.8. The zero-order chi connectivity index (χ0) is 20.6.